The number of piperidine rings is 1. The SMILES string of the molecule is Fc1cccc(OC[C@@H]2CCCNC2)c1. The van der Waals surface area contributed by atoms with E-state index in [9.17, 15) is 4.39 Å². The Morgan fingerprint density at radius 2 is 2.40 bits per heavy atom. The van der Waals surface area contributed by atoms with Gasteiger partial charge in [0.15, 0.2) is 0 Å². The molecule has 1 atom stereocenters. The van der Waals surface area contributed by atoms with Crippen LogP contribution in [-0.2, 0) is 0 Å². The summed E-state index contributed by atoms with van der Waals surface area (Å²) in [5.74, 6) is 0.942. The Kier molecular flexibility index (Phi) is 3.56. The number of hydrogen-bond acceptors (Lipinski definition) is 2. The quantitative estimate of drug-likeness (QED) is 0.824. The molecule has 3 heteroatoms. The Labute approximate surface area is 89.4 Å². The maximum Gasteiger partial charge on any atom is 0.126 e. The largest absolute Gasteiger partial charge is 0.493 e. The molecule has 0 saturated carbocycles. The monoisotopic (exact) mass is 209 g/mol. The van der Waals surface area contributed by atoms with Crippen molar-refractivity contribution < 1.29 is 9.13 Å². The van der Waals surface area contributed by atoms with E-state index in [1.807, 2.05) is 0 Å². The van der Waals surface area contributed by atoms with Crippen molar-refractivity contribution in [2.24, 2.45) is 5.92 Å². The van der Waals surface area contributed by atoms with Crippen LogP contribution in [0.3, 0.4) is 0 Å². The number of benzene rings is 1. The van der Waals surface area contributed by atoms with Crippen LogP contribution in [0.2, 0.25) is 0 Å². The van der Waals surface area contributed by atoms with Crippen molar-refractivity contribution in [3.8, 4) is 5.75 Å². The highest BCUT2D eigenvalue weighted by Crippen LogP contribution is 2.15. The normalized spacial score (nSPS) is 21.3. The Bertz CT molecular complexity index is 310. The summed E-state index contributed by atoms with van der Waals surface area (Å²) >= 11 is 0. The lowest BCUT2D eigenvalue weighted by Crippen LogP contribution is -2.33. The molecule has 1 aromatic carbocycles. The van der Waals surface area contributed by atoms with Crippen molar-refractivity contribution in [3.05, 3.63) is 30.1 Å². The minimum Gasteiger partial charge on any atom is -0.493 e. The van der Waals surface area contributed by atoms with Gasteiger partial charge in [-0.15, -0.1) is 0 Å². The Hall–Kier alpha value is -1.09. The number of hydrogen-bond donors (Lipinski definition) is 1. The van der Waals surface area contributed by atoms with E-state index in [4.69, 9.17) is 4.74 Å². The molecule has 0 bridgehead atoms. The van der Waals surface area contributed by atoms with Gasteiger partial charge in [-0.05, 0) is 31.5 Å². The molecule has 82 valence electrons. The molecule has 1 aliphatic heterocycles. The van der Waals surface area contributed by atoms with Gasteiger partial charge in [0.2, 0.25) is 0 Å². The van der Waals surface area contributed by atoms with Crippen molar-refractivity contribution in [2.45, 2.75) is 12.8 Å². The molecule has 0 amide bonds. The van der Waals surface area contributed by atoms with Crippen molar-refractivity contribution in [2.75, 3.05) is 19.7 Å². The predicted octanol–water partition coefficient (Wildman–Crippen LogP) is 2.20. The zero-order valence-electron chi connectivity index (χ0n) is 8.71. The lowest BCUT2D eigenvalue weighted by molar-refractivity contribution is 0.218. The third-order valence-electron chi connectivity index (χ3n) is 2.68. The Balaban J connectivity index is 1.81. The van der Waals surface area contributed by atoms with Gasteiger partial charge in [-0.1, -0.05) is 6.07 Å². The molecule has 0 spiro atoms. The van der Waals surface area contributed by atoms with Crippen LogP contribution in [-0.4, -0.2) is 19.7 Å². The standard InChI is InChI=1S/C12H16FNO/c13-11-4-1-5-12(7-11)15-9-10-3-2-6-14-8-10/h1,4-5,7,10,14H,2-3,6,8-9H2/t10-/m1/s1. The van der Waals surface area contributed by atoms with Crippen molar-refractivity contribution in [3.63, 3.8) is 0 Å². The molecule has 15 heavy (non-hydrogen) atoms. The van der Waals surface area contributed by atoms with E-state index in [-0.39, 0.29) is 5.82 Å². The maximum absolute atomic E-state index is 12.8. The van der Waals surface area contributed by atoms with E-state index in [2.05, 4.69) is 5.32 Å². The van der Waals surface area contributed by atoms with E-state index in [1.165, 1.54) is 25.0 Å². The first kappa shape index (κ1) is 10.4. The van der Waals surface area contributed by atoms with Gasteiger partial charge < -0.3 is 10.1 Å². The molecule has 0 aliphatic carbocycles. The molecule has 1 aromatic rings. The molecule has 2 nitrogen and oxygen atoms in total. The van der Waals surface area contributed by atoms with E-state index < -0.39 is 0 Å². The number of ether oxygens (including phenoxy) is 1. The number of nitrogens with one attached hydrogen (secondary N) is 1. The van der Waals surface area contributed by atoms with Crippen LogP contribution in [0.5, 0.6) is 5.75 Å². The third-order valence-corrected chi connectivity index (χ3v) is 2.68. The summed E-state index contributed by atoms with van der Waals surface area (Å²) < 4.78 is 18.4. The molecule has 2 rings (SSSR count). The minimum absolute atomic E-state index is 0.241. The minimum atomic E-state index is -0.241. The van der Waals surface area contributed by atoms with Crippen molar-refractivity contribution >= 4 is 0 Å². The second-order valence-electron chi connectivity index (χ2n) is 3.98. The first-order valence-electron chi connectivity index (χ1n) is 5.44. The Morgan fingerprint density at radius 1 is 1.47 bits per heavy atom. The van der Waals surface area contributed by atoms with Gasteiger partial charge in [0.25, 0.3) is 0 Å². The summed E-state index contributed by atoms with van der Waals surface area (Å²) in [6.45, 7) is 2.79. The van der Waals surface area contributed by atoms with E-state index >= 15 is 0 Å². The second kappa shape index (κ2) is 5.12. The molecule has 1 aliphatic rings. The van der Waals surface area contributed by atoms with Gasteiger partial charge in [-0.2, -0.15) is 0 Å². The summed E-state index contributed by atoms with van der Waals surface area (Å²) in [5, 5.41) is 3.33. The lowest BCUT2D eigenvalue weighted by atomic mass is 10.0. The average molecular weight is 209 g/mol. The van der Waals surface area contributed by atoms with Crippen LogP contribution >= 0.6 is 0 Å². The molecular weight excluding hydrogens is 193 g/mol. The smallest absolute Gasteiger partial charge is 0.126 e. The van der Waals surface area contributed by atoms with Crippen LogP contribution in [0.15, 0.2) is 24.3 Å². The topological polar surface area (TPSA) is 21.3 Å². The zero-order chi connectivity index (χ0) is 10.5. The van der Waals surface area contributed by atoms with Crippen LogP contribution in [0.25, 0.3) is 0 Å². The first-order valence-corrected chi connectivity index (χ1v) is 5.44. The molecule has 0 radical (unpaired) electrons. The highest BCUT2D eigenvalue weighted by molar-refractivity contribution is 5.22. The molecule has 1 saturated heterocycles. The first-order chi connectivity index (χ1) is 7.34. The van der Waals surface area contributed by atoms with Gasteiger partial charge in [0.05, 0.1) is 6.61 Å². The summed E-state index contributed by atoms with van der Waals surface area (Å²) in [4.78, 5) is 0. The number of rotatable bonds is 3. The summed E-state index contributed by atoms with van der Waals surface area (Å²) in [6, 6.07) is 6.31. The van der Waals surface area contributed by atoms with Gasteiger partial charge in [0.1, 0.15) is 11.6 Å². The van der Waals surface area contributed by atoms with Gasteiger partial charge in [-0.3, -0.25) is 0 Å². The fraction of sp³-hybridized carbons (Fsp3) is 0.500. The van der Waals surface area contributed by atoms with Gasteiger partial charge in [-0.25, -0.2) is 4.39 Å². The summed E-state index contributed by atoms with van der Waals surface area (Å²) in [6.07, 6.45) is 2.40. The lowest BCUT2D eigenvalue weighted by Gasteiger charge is -2.22. The second-order valence-corrected chi connectivity index (χ2v) is 3.98. The van der Waals surface area contributed by atoms with Gasteiger partial charge in [0, 0.05) is 18.5 Å². The fourth-order valence-corrected chi connectivity index (χ4v) is 1.84. The van der Waals surface area contributed by atoms with Crippen molar-refractivity contribution in [1.29, 1.82) is 0 Å². The van der Waals surface area contributed by atoms with Crippen LogP contribution in [0, 0.1) is 11.7 Å². The van der Waals surface area contributed by atoms with E-state index in [0.717, 1.165) is 13.1 Å². The highest BCUT2D eigenvalue weighted by Gasteiger charge is 2.13. The third kappa shape index (κ3) is 3.20. The average Bonchev–Trinajstić information content (AvgIpc) is 2.28. The molecule has 0 aromatic heterocycles. The molecule has 0 unspecified atom stereocenters. The highest BCUT2D eigenvalue weighted by atomic mass is 19.1. The van der Waals surface area contributed by atoms with Crippen molar-refractivity contribution in [1.82, 2.24) is 5.32 Å². The summed E-state index contributed by atoms with van der Waals surface area (Å²) in [7, 11) is 0. The number of halogens is 1. The van der Waals surface area contributed by atoms with Gasteiger partial charge >= 0.3 is 0 Å². The van der Waals surface area contributed by atoms with Crippen LogP contribution in [0.1, 0.15) is 12.8 Å². The van der Waals surface area contributed by atoms with E-state index in [0.29, 0.717) is 18.3 Å². The summed E-state index contributed by atoms with van der Waals surface area (Å²) in [5.41, 5.74) is 0. The molecule has 1 fully saturated rings. The molecular formula is C12H16FNO. The molecule has 1 heterocycles. The van der Waals surface area contributed by atoms with Crippen LogP contribution in [0.4, 0.5) is 4.39 Å². The Morgan fingerprint density at radius 3 is 3.13 bits per heavy atom. The van der Waals surface area contributed by atoms with E-state index in [1.54, 1.807) is 12.1 Å². The zero-order valence-corrected chi connectivity index (χ0v) is 8.71. The fourth-order valence-electron chi connectivity index (χ4n) is 1.84. The van der Waals surface area contributed by atoms with Crippen LogP contribution < -0.4 is 10.1 Å². The molecule has 1 N–H and O–H groups in total. The predicted molar refractivity (Wildman–Crippen MR) is 57.5 cm³/mol. The maximum atomic E-state index is 12.8.